The largest absolute Gasteiger partial charge is 0.381 e. The summed E-state index contributed by atoms with van der Waals surface area (Å²) in [4.78, 5) is 13.6. The van der Waals surface area contributed by atoms with Crippen molar-refractivity contribution in [2.24, 2.45) is 0 Å². The lowest BCUT2D eigenvalue weighted by Gasteiger charge is -2.20. The third kappa shape index (κ3) is 6.69. The molecule has 0 spiro atoms. The molecule has 3 rings (SSSR count). The number of hydrogen-bond acceptors (Lipinski definition) is 6. The summed E-state index contributed by atoms with van der Waals surface area (Å²) >= 11 is 7.43. The van der Waals surface area contributed by atoms with Crippen LogP contribution >= 0.6 is 23.5 Å². The van der Waals surface area contributed by atoms with Crippen LogP contribution in [0.25, 0.3) is 0 Å². The second-order valence-electron chi connectivity index (χ2n) is 5.58. The van der Waals surface area contributed by atoms with Crippen LogP contribution in [-0.4, -0.2) is 41.6 Å². The molecule has 0 radical (unpaired) electrons. The number of nitrogens with one attached hydrogen (secondary N) is 2. The van der Waals surface area contributed by atoms with Gasteiger partial charge in [-0.05, 0) is 43.7 Å². The number of ether oxygens (including phenoxy) is 1. The van der Waals surface area contributed by atoms with Crippen LogP contribution < -0.4 is 10.3 Å². The Balaban J connectivity index is 0.000000209. The lowest BCUT2D eigenvalue weighted by atomic mass is 10.1. The number of hydrogen-bond donors (Lipinski definition) is 2. The smallest absolute Gasteiger partial charge is 0.153 e. The fourth-order valence-corrected chi connectivity index (χ4v) is 3.32. The monoisotopic (exact) mass is 400 g/mol. The van der Waals surface area contributed by atoms with Gasteiger partial charge in [-0.25, -0.2) is 9.22 Å². The highest BCUT2D eigenvalue weighted by molar-refractivity contribution is 7.97. The zero-order valence-corrected chi connectivity index (χ0v) is 16.0. The Bertz CT molecular complexity index is 682. The van der Waals surface area contributed by atoms with E-state index >= 15 is 0 Å². The molecule has 2 N–H and O–H groups in total. The molecular formula is C17H22ClFN4O2S. The summed E-state index contributed by atoms with van der Waals surface area (Å²) in [5.41, 5.74) is 3.59. The first-order valence-electron chi connectivity index (χ1n) is 8.19. The maximum absolute atomic E-state index is 13.3. The summed E-state index contributed by atoms with van der Waals surface area (Å²) in [5.74, 6) is -0.680. The molecule has 0 atom stereocenters. The highest BCUT2D eigenvalue weighted by Gasteiger charge is 2.13. The lowest BCUT2D eigenvalue weighted by Crippen LogP contribution is -2.26. The Morgan fingerprint density at radius 3 is 2.85 bits per heavy atom. The van der Waals surface area contributed by atoms with Crippen molar-refractivity contribution in [1.82, 2.24) is 20.0 Å². The van der Waals surface area contributed by atoms with Gasteiger partial charge in [0.25, 0.3) is 0 Å². The number of aromatic nitrogens is 2. The van der Waals surface area contributed by atoms with Crippen molar-refractivity contribution in [2.75, 3.05) is 20.3 Å². The Hall–Kier alpha value is -1.45. The van der Waals surface area contributed by atoms with Gasteiger partial charge in [0.1, 0.15) is 0 Å². The molecule has 2 heterocycles. The van der Waals surface area contributed by atoms with E-state index in [-0.39, 0.29) is 10.6 Å². The molecule has 0 aliphatic carbocycles. The Kier molecular flexibility index (Phi) is 9.07. The normalized spacial score (nSPS) is 14.6. The summed E-state index contributed by atoms with van der Waals surface area (Å²) in [6.07, 6.45) is 6.20. The third-order valence-corrected chi connectivity index (χ3v) is 5.04. The maximum atomic E-state index is 13.3. The van der Waals surface area contributed by atoms with E-state index in [0.717, 1.165) is 24.0 Å². The van der Waals surface area contributed by atoms with Crippen LogP contribution in [0.15, 0.2) is 30.6 Å². The molecule has 1 aromatic heterocycles. The van der Waals surface area contributed by atoms with E-state index in [1.165, 1.54) is 25.0 Å². The maximum Gasteiger partial charge on any atom is 0.153 e. The Morgan fingerprint density at radius 1 is 1.46 bits per heavy atom. The standard InChI is InChI=1S/C11H8ClFN2O.C6H14N2OS/c12-10-5-8(4-9(7-16)11(10)13)6-15-3-1-2-14-15;1-7-8-10-6-2-4-9-5-3-6/h1-5,7H,6H2;6-8H,2-5H2,1H3. The molecule has 1 aliphatic heterocycles. The van der Waals surface area contributed by atoms with E-state index in [1.807, 2.05) is 7.05 Å². The highest BCUT2D eigenvalue weighted by atomic mass is 35.5. The van der Waals surface area contributed by atoms with Gasteiger partial charge in [0.15, 0.2) is 12.1 Å². The molecule has 1 aliphatic rings. The molecule has 26 heavy (non-hydrogen) atoms. The van der Waals surface area contributed by atoms with Gasteiger partial charge in [-0.1, -0.05) is 23.5 Å². The van der Waals surface area contributed by atoms with E-state index in [0.29, 0.717) is 12.8 Å². The van der Waals surface area contributed by atoms with Crippen LogP contribution in [0.3, 0.4) is 0 Å². The van der Waals surface area contributed by atoms with Gasteiger partial charge < -0.3 is 4.74 Å². The van der Waals surface area contributed by atoms with Crippen LogP contribution in [0, 0.1) is 5.82 Å². The second-order valence-corrected chi connectivity index (χ2v) is 7.10. The van der Waals surface area contributed by atoms with Gasteiger partial charge in [-0.2, -0.15) is 5.10 Å². The number of carbonyl (C=O) groups excluding carboxylic acids is 1. The van der Waals surface area contributed by atoms with Gasteiger partial charge in [0.05, 0.1) is 17.1 Å². The molecule has 2 aromatic rings. The van der Waals surface area contributed by atoms with Crippen molar-refractivity contribution >= 4 is 29.8 Å². The average Bonchev–Trinajstić information content (AvgIpc) is 3.17. The second kappa shape index (κ2) is 11.3. The lowest BCUT2D eigenvalue weighted by molar-refractivity contribution is 0.0998. The molecule has 0 saturated carbocycles. The van der Waals surface area contributed by atoms with Crippen molar-refractivity contribution in [3.8, 4) is 0 Å². The average molecular weight is 401 g/mol. The van der Waals surface area contributed by atoms with Gasteiger partial charge >= 0.3 is 0 Å². The minimum absolute atomic E-state index is 0.0327. The molecule has 1 saturated heterocycles. The van der Waals surface area contributed by atoms with Crippen molar-refractivity contribution in [3.63, 3.8) is 0 Å². The van der Waals surface area contributed by atoms with Crippen LogP contribution in [-0.2, 0) is 11.3 Å². The predicted molar refractivity (Wildman–Crippen MR) is 102 cm³/mol. The first-order chi connectivity index (χ1) is 12.6. The van der Waals surface area contributed by atoms with Crippen molar-refractivity contribution < 1.29 is 13.9 Å². The van der Waals surface area contributed by atoms with E-state index in [1.54, 1.807) is 35.1 Å². The molecule has 1 fully saturated rings. The summed E-state index contributed by atoms with van der Waals surface area (Å²) in [5, 5.41) is 4.68. The first-order valence-corrected chi connectivity index (χ1v) is 9.45. The van der Waals surface area contributed by atoms with Gasteiger partial charge in [-0.3, -0.25) is 14.9 Å². The first kappa shape index (κ1) is 20.9. The summed E-state index contributed by atoms with van der Waals surface area (Å²) in [7, 11) is 1.88. The molecule has 1 aromatic carbocycles. The molecule has 6 nitrogen and oxygen atoms in total. The van der Waals surface area contributed by atoms with E-state index in [2.05, 4.69) is 15.4 Å². The van der Waals surface area contributed by atoms with Crippen molar-refractivity contribution in [1.29, 1.82) is 0 Å². The fraction of sp³-hybridized carbons (Fsp3) is 0.412. The quantitative estimate of drug-likeness (QED) is 0.441. The SMILES string of the molecule is CNNSC1CCOCC1.O=Cc1cc(Cn2cccn2)cc(Cl)c1F. The zero-order valence-electron chi connectivity index (χ0n) is 14.5. The summed E-state index contributed by atoms with van der Waals surface area (Å²) < 4.78 is 20.2. The number of nitrogens with zero attached hydrogens (tertiary/aromatic N) is 2. The van der Waals surface area contributed by atoms with Crippen LogP contribution in [0.4, 0.5) is 4.39 Å². The molecule has 0 amide bonds. The van der Waals surface area contributed by atoms with Crippen molar-refractivity contribution in [2.45, 2.75) is 24.6 Å². The topological polar surface area (TPSA) is 68.2 Å². The third-order valence-electron chi connectivity index (χ3n) is 3.64. The summed E-state index contributed by atoms with van der Waals surface area (Å²) in [6.45, 7) is 2.29. The Morgan fingerprint density at radius 2 is 2.23 bits per heavy atom. The fourth-order valence-electron chi connectivity index (χ4n) is 2.36. The number of aldehydes is 1. The van der Waals surface area contributed by atoms with E-state index in [9.17, 15) is 9.18 Å². The predicted octanol–water partition coefficient (Wildman–Crippen LogP) is 3.07. The number of rotatable bonds is 6. The summed E-state index contributed by atoms with van der Waals surface area (Å²) in [6, 6.07) is 4.74. The zero-order chi connectivity index (χ0) is 18.8. The molecule has 0 bridgehead atoms. The number of hydrazine groups is 1. The molecular weight excluding hydrogens is 379 g/mol. The van der Waals surface area contributed by atoms with Gasteiger partial charge in [-0.15, -0.1) is 0 Å². The minimum Gasteiger partial charge on any atom is -0.381 e. The van der Waals surface area contributed by atoms with Crippen LogP contribution in [0.5, 0.6) is 0 Å². The number of carbonyl (C=O) groups is 1. The molecule has 0 unspecified atom stereocenters. The van der Waals surface area contributed by atoms with Crippen LogP contribution in [0.2, 0.25) is 5.02 Å². The Labute approximate surface area is 161 Å². The van der Waals surface area contributed by atoms with E-state index < -0.39 is 5.82 Å². The highest BCUT2D eigenvalue weighted by Crippen LogP contribution is 2.20. The van der Waals surface area contributed by atoms with Gasteiger partial charge in [0.2, 0.25) is 0 Å². The number of halogens is 2. The van der Waals surface area contributed by atoms with Gasteiger partial charge in [0, 0.05) is 30.9 Å². The minimum atomic E-state index is -0.680. The van der Waals surface area contributed by atoms with Crippen molar-refractivity contribution in [3.05, 3.63) is 52.6 Å². The molecule has 142 valence electrons. The number of benzene rings is 1. The van der Waals surface area contributed by atoms with Crippen LogP contribution in [0.1, 0.15) is 28.8 Å². The van der Waals surface area contributed by atoms with E-state index in [4.69, 9.17) is 16.3 Å². The molecule has 9 heteroatoms.